The smallest absolute Gasteiger partial charge is 0.263 e. The van der Waals surface area contributed by atoms with Crippen LogP contribution in [0.15, 0.2) is 42.6 Å². The fourth-order valence-corrected chi connectivity index (χ4v) is 4.70. The van der Waals surface area contributed by atoms with Crippen molar-refractivity contribution in [3.8, 4) is 0 Å². The van der Waals surface area contributed by atoms with Gasteiger partial charge >= 0.3 is 0 Å². The van der Waals surface area contributed by atoms with Crippen molar-refractivity contribution in [1.29, 1.82) is 0 Å². The third-order valence-electron chi connectivity index (χ3n) is 4.69. The molecule has 0 saturated carbocycles. The Morgan fingerprint density at radius 2 is 2.14 bits per heavy atom. The molecule has 5 rings (SSSR count). The van der Waals surface area contributed by atoms with Crippen molar-refractivity contribution in [3.63, 3.8) is 0 Å². The van der Waals surface area contributed by atoms with E-state index in [2.05, 4.69) is 20.9 Å². The lowest BCUT2D eigenvalue weighted by Gasteiger charge is -2.10. The maximum absolute atomic E-state index is 12.5. The fourth-order valence-electron chi connectivity index (χ4n) is 3.42. The van der Waals surface area contributed by atoms with Gasteiger partial charge in [0.1, 0.15) is 15.8 Å². The molecule has 140 valence electrons. The van der Waals surface area contributed by atoms with Crippen molar-refractivity contribution in [2.24, 2.45) is 0 Å². The SMILES string of the molecule is C[C@H]1CNc2c(sc3ccc4nc(Nc5ccnc(Cl)c5)ccc4c23)C(=O)N1. The molecule has 0 unspecified atom stereocenters. The van der Waals surface area contributed by atoms with Gasteiger partial charge in [0.25, 0.3) is 5.91 Å². The number of halogens is 1. The number of amides is 1. The zero-order valence-corrected chi connectivity index (χ0v) is 16.5. The van der Waals surface area contributed by atoms with Crippen LogP contribution in [0.2, 0.25) is 5.15 Å². The van der Waals surface area contributed by atoms with Gasteiger partial charge in [0.15, 0.2) is 0 Å². The van der Waals surface area contributed by atoms with Gasteiger partial charge in [-0.25, -0.2) is 9.97 Å². The number of fused-ring (bicyclic) bond motifs is 5. The topological polar surface area (TPSA) is 78.9 Å². The molecule has 1 aromatic carbocycles. The van der Waals surface area contributed by atoms with Crippen molar-refractivity contribution in [1.82, 2.24) is 15.3 Å². The van der Waals surface area contributed by atoms with E-state index in [4.69, 9.17) is 16.6 Å². The first kappa shape index (κ1) is 17.2. The Labute approximate surface area is 169 Å². The predicted molar refractivity (Wildman–Crippen MR) is 115 cm³/mol. The Balaban J connectivity index is 1.62. The summed E-state index contributed by atoms with van der Waals surface area (Å²) in [5.74, 6) is 0.692. The Bertz CT molecular complexity index is 1240. The number of nitrogens with one attached hydrogen (secondary N) is 3. The molecule has 1 aliphatic rings. The number of aromatic nitrogens is 2. The van der Waals surface area contributed by atoms with Crippen molar-refractivity contribution in [2.45, 2.75) is 13.0 Å². The van der Waals surface area contributed by atoms with Crippen molar-refractivity contribution in [2.75, 3.05) is 17.2 Å². The zero-order chi connectivity index (χ0) is 19.3. The number of anilines is 3. The summed E-state index contributed by atoms with van der Waals surface area (Å²) in [4.78, 5) is 22.0. The van der Waals surface area contributed by atoms with Crippen LogP contribution in [-0.4, -0.2) is 28.5 Å². The van der Waals surface area contributed by atoms with Gasteiger partial charge in [0, 0.05) is 39.9 Å². The first-order valence-electron chi connectivity index (χ1n) is 8.88. The summed E-state index contributed by atoms with van der Waals surface area (Å²) in [6, 6.07) is 11.6. The summed E-state index contributed by atoms with van der Waals surface area (Å²) >= 11 is 7.46. The van der Waals surface area contributed by atoms with Gasteiger partial charge in [-0.05, 0) is 43.3 Å². The minimum atomic E-state index is -0.0253. The molecule has 3 aromatic heterocycles. The van der Waals surface area contributed by atoms with Crippen molar-refractivity contribution < 1.29 is 4.79 Å². The van der Waals surface area contributed by atoms with Crippen LogP contribution in [0.4, 0.5) is 17.2 Å². The predicted octanol–water partition coefficient (Wildman–Crippen LogP) is 4.79. The molecule has 1 aliphatic heterocycles. The van der Waals surface area contributed by atoms with Gasteiger partial charge < -0.3 is 16.0 Å². The molecule has 0 spiro atoms. The molecule has 0 fully saturated rings. The second-order valence-electron chi connectivity index (χ2n) is 6.76. The van der Waals surface area contributed by atoms with E-state index < -0.39 is 0 Å². The van der Waals surface area contributed by atoms with Gasteiger partial charge in [-0.15, -0.1) is 11.3 Å². The maximum Gasteiger partial charge on any atom is 0.263 e. The molecule has 4 heterocycles. The lowest BCUT2D eigenvalue weighted by atomic mass is 10.1. The van der Waals surface area contributed by atoms with Gasteiger partial charge in [-0.1, -0.05) is 11.6 Å². The molecule has 8 heteroatoms. The van der Waals surface area contributed by atoms with Crippen LogP contribution < -0.4 is 16.0 Å². The molecule has 1 atom stereocenters. The summed E-state index contributed by atoms with van der Waals surface area (Å²) in [6.07, 6.45) is 1.65. The summed E-state index contributed by atoms with van der Waals surface area (Å²) in [7, 11) is 0. The number of hydrogen-bond acceptors (Lipinski definition) is 6. The van der Waals surface area contributed by atoms with Crippen LogP contribution in [0.1, 0.15) is 16.6 Å². The average Bonchev–Trinajstić information content (AvgIpc) is 2.99. The summed E-state index contributed by atoms with van der Waals surface area (Å²) in [5.41, 5.74) is 2.58. The number of nitrogens with zero attached hydrogens (tertiary/aromatic N) is 2. The fraction of sp³-hybridized carbons (Fsp3) is 0.150. The maximum atomic E-state index is 12.5. The van der Waals surface area contributed by atoms with Gasteiger partial charge in [-0.2, -0.15) is 0 Å². The summed E-state index contributed by atoms with van der Waals surface area (Å²) in [5, 5.41) is 12.2. The molecule has 3 N–H and O–H groups in total. The van der Waals surface area contributed by atoms with E-state index in [9.17, 15) is 4.79 Å². The van der Waals surface area contributed by atoms with E-state index in [1.165, 1.54) is 11.3 Å². The Morgan fingerprint density at radius 3 is 3.00 bits per heavy atom. The van der Waals surface area contributed by atoms with Crippen molar-refractivity contribution in [3.05, 3.63) is 52.6 Å². The Kier molecular flexibility index (Phi) is 4.07. The highest BCUT2D eigenvalue weighted by Crippen LogP contribution is 2.41. The minimum absolute atomic E-state index is 0.0253. The van der Waals surface area contributed by atoms with Crippen LogP contribution in [0.25, 0.3) is 21.0 Å². The van der Waals surface area contributed by atoms with E-state index in [-0.39, 0.29) is 11.9 Å². The molecule has 4 aromatic rings. The molecule has 1 amide bonds. The Morgan fingerprint density at radius 1 is 1.25 bits per heavy atom. The largest absolute Gasteiger partial charge is 0.381 e. The quantitative estimate of drug-likeness (QED) is 0.415. The van der Waals surface area contributed by atoms with Crippen LogP contribution in [-0.2, 0) is 0 Å². The number of rotatable bonds is 2. The first-order valence-corrected chi connectivity index (χ1v) is 10.1. The second kappa shape index (κ2) is 6.61. The highest BCUT2D eigenvalue weighted by molar-refractivity contribution is 7.21. The number of carbonyl (C=O) groups is 1. The molecule has 0 aliphatic carbocycles. The van der Waals surface area contributed by atoms with Crippen LogP contribution in [0.5, 0.6) is 0 Å². The average molecular weight is 410 g/mol. The van der Waals surface area contributed by atoms with E-state index in [1.807, 2.05) is 37.3 Å². The lowest BCUT2D eigenvalue weighted by Crippen LogP contribution is -2.34. The highest BCUT2D eigenvalue weighted by Gasteiger charge is 2.24. The highest BCUT2D eigenvalue weighted by atomic mass is 35.5. The number of benzene rings is 1. The zero-order valence-electron chi connectivity index (χ0n) is 14.9. The number of hydrogen-bond donors (Lipinski definition) is 3. The van der Waals surface area contributed by atoms with E-state index >= 15 is 0 Å². The molecular weight excluding hydrogens is 394 g/mol. The molecular formula is C20H16ClN5OS. The van der Waals surface area contributed by atoms with Gasteiger partial charge in [-0.3, -0.25) is 4.79 Å². The molecule has 0 radical (unpaired) electrons. The molecule has 6 nitrogen and oxygen atoms in total. The van der Waals surface area contributed by atoms with E-state index in [0.717, 1.165) is 43.1 Å². The normalized spacial score (nSPS) is 16.4. The Hall–Kier alpha value is -2.90. The number of thiophene rings is 1. The van der Waals surface area contributed by atoms with Gasteiger partial charge in [0.2, 0.25) is 0 Å². The standard InChI is InChI=1S/C20H16ClN5OS/c1-10-9-23-18-17-12-2-5-16(25-11-6-7-22-15(21)8-11)26-13(12)3-4-14(17)28-19(18)20(27)24-10/h2-8,10,23H,9H2,1H3,(H,24,27)(H,22,25,26)/t10-/m0/s1. The number of pyridine rings is 2. The van der Waals surface area contributed by atoms with Gasteiger partial charge in [0.05, 0.1) is 11.2 Å². The van der Waals surface area contributed by atoms with E-state index in [1.54, 1.807) is 12.3 Å². The van der Waals surface area contributed by atoms with Crippen molar-refractivity contribution >= 4 is 67.0 Å². The molecule has 28 heavy (non-hydrogen) atoms. The van der Waals surface area contributed by atoms with Crippen LogP contribution >= 0.6 is 22.9 Å². The molecule has 0 bridgehead atoms. The second-order valence-corrected chi connectivity index (χ2v) is 8.20. The molecule has 0 saturated heterocycles. The van der Waals surface area contributed by atoms with Crippen LogP contribution in [0, 0.1) is 0 Å². The summed E-state index contributed by atoms with van der Waals surface area (Å²) in [6.45, 7) is 2.68. The minimum Gasteiger partial charge on any atom is -0.381 e. The third kappa shape index (κ3) is 2.93. The van der Waals surface area contributed by atoms with E-state index in [0.29, 0.717) is 11.7 Å². The summed E-state index contributed by atoms with van der Waals surface area (Å²) < 4.78 is 1.07. The lowest BCUT2D eigenvalue weighted by molar-refractivity contribution is 0.0949. The monoisotopic (exact) mass is 409 g/mol. The third-order valence-corrected chi connectivity index (χ3v) is 6.05. The number of carbonyl (C=O) groups excluding carboxylic acids is 1. The van der Waals surface area contributed by atoms with Crippen LogP contribution in [0.3, 0.4) is 0 Å². The first-order chi connectivity index (χ1) is 13.6.